The van der Waals surface area contributed by atoms with Crippen molar-refractivity contribution < 1.29 is 5.11 Å². The minimum atomic E-state index is -0.408. The van der Waals surface area contributed by atoms with Crippen LogP contribution in [0.3, 0.4) is 0 Å². The molecule has 5 heteroatoms. The van der Waals surface area contributed by atoms with E-state index in [1.807, 2.05) is 6.07 Å². The van der Waals surface area contributed by atoms with Gasteiger partial charge in [-0.1, -0.05) is 11.6 Å². The van der Waals surface area contributed by atoms with Crippen LogP contribution in [0.4, 0.5) is 0 Å². The monoisotopic (exact) mass is 232 g/mol. The van der Waals surface area contributed by atoms with Crippen molar-refractivity contribution in [1.29, 1.82) is 0 Å². The third-order valence-electron chi connectivity index (χ3n) is 1.67. The largest absolute Gasteiger partial charge is 0.392 e. The van der Waals surface area contributed by atoms with Gasteiger partial charge in [-0.25, -0.2) is 4.98 Å². The molecule has 0 saturated heterocycles. The first-order valence-corrected chi connectivity index (χ1v) is 5.71. The van der Waals surface area contributed by atoms with Gasteiger partial charge in [-0.15, -0.1) is 11.8 Å². The van der Waals surface area contributed by atoms with E-state index in [0.717, 1.165) is 10.8 Å². The summed E-state index contributed by atoms with van der Waals surface area (Å²) in [7, 11) is 0. The summed E-state index contributed by atoms with van der Waals surface area (Å²) in [5, 5.41) is 10.8. The van der Waals surface area contributed by atoms with Crippen molar-refractivity contribution in [2.45, 2.75) is 17.6 Å². The normalized spacial score (nSPS) is 12.8. The highest BCUT2D eigenvalue weighted by Crippen LogP contribution is 2.18. The van der Waals surface area contributed by atoms with Gasteiger partial charge in [0, 0.05) is 18.5 Å². The molecule has 1 heterocycles. The standard InChI is InChI=1S/C9H13ClN2OS/c10-7-1-2-9(12-6-7)14-4-3-8(13)5-11/h1-2,6,8,13H,3-5,11H2. The number of pyridine rings is 1. The summed E-state index contributed by atoms with van der Waals surface area (Å²) in [5.74, 6) is 0.812. The average molecular weight is 233 g/mol. The molecular formula is C9H13ClN2OS. The third-order valence-corrected chi connectivity index (χ3v) is 2.87. The fraction of sp³-hybridized carbons (Fsp3) is 0.444. The van der Waals surface area contributed by atoms with Crippen LogP contribution in [0.1, 0.15) is 6.42 Å². The summed E-state index contributed by atoms with van der Waals surface area (Å²) in [6.45, 7) is 0.314. The maximum Gasteiger partial charge on any atom is 0.0960 e. The summed E-state index contributed by atoms with van der Waals surface area (Å²) in [5.41, 5.74) is 5.28. The zero-order valence-corrected chi connectivity index (χ0v) is 9.26. The van der Waals surface area contributed by atoms with E-state index in [1.165, 1.54) is 0 Å². The number of halogens is 1. The van der Waals surface area contributed by atoms with Gasteiger partial charge < -0.3 is 10.8 Å². The summed E-state index contributed by atoms with van der Waals surface area (Å²) in [6, 6.07) is 3.66. The summed E-state index contributed by atoms with van der Waals surface area (Å²) in [4.78, 5) is 4.12. The number of hydrogen-bond donors (Lipinski definition) is 2. The topological polar surface area (TPSA) is 59.1 Å². The van der Waals surface area contributed by atoms with Gasteiger partial charge in [0.25, 0.3) is 0 Å². The summed E-state index contributed by atoms with van der Waals surface area (Å²) < 4.78 is 0. The Kier molecular flexibility index (Phi) is 5.25. The second kappa shape index (κ2) is 6.24. The van der Waals surface area contributed by atoms with E-state index in [0.29, 0.717) is 18.0 Å². The van der Waals surface area contributed by atoms with Gasteiger partial charge in [-0.05, 0) is 18.6 Å². The van der Waals surface area contributed by atoms with Crippen LogP contribution in [0, 0.1) is 0 Å². The van der Waals surface area contributed by atoms with E-state index in [9.17, 15) is 5.11 Å². The Morgan fingerprint density at radius 2 is 2.36 bits per heavy atom. The number of aliphatic hydroxyl groups is 1. The number of thioether (sulfide) groups is 1. The molecule has 14 heavy (non-hydrogen) atoms. The van der Waals surface area contributed by atoms with Crippen molar-refractivity contribution in [2.75, 3.05) is 12.3 Å². The van der Waals surface area contributed by atoms with Crippen LogP contribution >= 0.6 is 23.4 Å². The number of nitrogens with zero attached hydrogens (tertiary/aromatic N) is 1. The lowest BCUT2D eigenvalue weighted by Gasteiger charge is -2.06. The molecule has 0 bridgehead atoms. The maximum absolute atomic E-state index is 9.20. The highest BCUT2D eigenvalue weighted by molar-refractivity contribution is 7.99. The van der Waals surface area contributed by atoms with E-state index in [1.54, 1.807) is 24.0 Å². The maximum atomic E-state index is 9.20. The van der Waals surface area contributed by atoms with Crippen molar-refractivity contribution in [1.82, 2.24) is 4.98 Å². The van der Waals surface area contributed by atoms with Gasteiger partial charge in [-0.2, -0.15) is 0 Å². The fourth-order valence-corrected chi connectivity index (χ4v) is 1.87. The molecule has 1 atom stereocenters. The zero-order valence-electron chi connectivity index (χ0n) is 7.69. The molecule has 0 saturated carbocycles. The predicted octanol–water partition coefficient (Wildman–Crippen LogP) is 1.54. The SMILES string of the molecule is NCC(O)CCSc1ccc(Cl)cn1. The second-order valence-corrected chi connectivity index (χ2v) is 4.39. The van der Waals surface area contributed by atoms with Crippen LogP contribution in [-0.2, 0) is 0 Å². The average Bonchev–Trinajstić information content (AvgIpc) is 2.21. The third kappa shape index (κ3) is 4.28. The lowest BCUT2D eigenvalue weighted by Crippen LogP contribution is -2.20. The van der Waals surface area contributed by atoms with E-state index in [-0.39, 0.29) is 0 Å². The minimum Gasteiger partial charge on any atom is -0.392 e. The highest BCUT2D eigenvalue weighted by Gasteiger charge is 2.01. The molecule has 3 nitrogen and oxygen atoms in total. The lowest BCUT2D eigenvalue weighted by atomic mass is 10.3. The van der Waals surface area contributed by atoms with Crippen molar-refractivity contribution in [3.8, 4) is 0 Å². The molecule has 0 spiro atoms. The van der Waals surface area contributed by atoms with E-state index in [2.05, 4.69) is 4.98 Å². The van der Waals surface area contributed by atoms with Gasteiger partial charge >= 0.3 is 0 Å². The second-order valence-electron chi connectivity index (χ2n) is 2.84. The zero-order chi connectivity index (χ0) is 10.4. The molecule has 78 valence electrons. The van der Waals surface area contributed by atoms with Crippen molar-refractivity contribution in [3.63, 3.8) is 0 Å². The molecule has 1 aromatic rings. The van der Waals surface area contributed by atoms with Gasteiger partial charge in [0.15, 0.2) is 0 Å². The van der Waals surface area contributed by atoms with Crippen LogP contribution in [0.5, 0.6) is 0 Å². The minimum absolute atomic E-state index is 0.314. The van der Waals surface area contributed by atoms with Crippen LogP contribution in [0.15, 0.2) is 23.4 Å². The number of nitrogens with two attached hydrogens (primary N) is 1. The van der Waals surface area contributed by atoms with Gasteiger partial charge in [0.1, 0.15) is 0 Å². The van der Waals surface area contributed by atoms with Crippen LogP contribution < -0.4 is 5.73 Å². The number of rotatable bonds is 5. The molecule has 0 aliphatic rings. The Bertz CT molecular complexity index is 268. The highest BCUT2D eigenvalue weighted by atomic mass is 35.5. The molecule has 0 aromatic carbocycles. The van der Waals surface area contributed by atoms with Crippen molar-refractivity contribution >= 4 is 23.4 Å². The molecule has 0 amide bonds. The Morgan fingerprint density at radius 1 is 1.57 bits per heavy atom. The van der Waals surface area contributed by atoms with Gasteiger partial charge in [0.2, 0.25) is 0 Å². The first-order chi connectivity index (χ1) is 6.72. The smallest absolute Gasteiger partial charge is 0.0960 e. The van der Waals surface area contributed by atoms with E-state index in [4.69, 9.17) is 17.3 Å². The van der Waals surface area contributed by atoms with E-state index >= 15 is 0 Å². The molecular weight excluding hydrogens is 220 g/mol. The molecule has 0 aliphatic carbocycles. The first kappa shape index (κ1) is 11.8. The Balaban J connectivity index is 2.28. The molecule has 1 rings (SSSR count). The molecule has 3 N–H and O–H groups in total. The van der Waals surface area contributed by atoms with Crippen LogP contribution in [-0.4, -0.2) is 28.5 Å². The van der Waals surface area contributed by atoms with Crippen molar-refractivity contribution in [2.24, 2.45) is 5.73 Å². The van der Waals surface area contributed by atoms with Crippen molar-refractivity contribution in [3.05, 3.63) is 23.4 Å². The fourth-order valence-electron chi connectivity index (χ4n) is 0.865. The molecule has 1 aromatic heterocycles. The lowest BCUT2D eigenvalue weighted by molar-refractivity contribution is 0.180. The van der Waals surface area contributed by atoms with Crippen LogP contribution in [0.25, 0.3) is 0 Å². The van der Waals surface area contributed by atoms with Crippen LogP contribution in [0.2, 0.25) is 5.02 Å². The molecule has 1 unspecified atom stereocenters. The number of aromatic nitrogens is 1. The summed E-state index contributed by atoms with van der Waals surface area (Å²) >= 11 is 7.28. The Labute approximate surface area is 92.7 Å². The van der Waals surface area contributed by atoms with Gasteiger partial charge in [0.05, 0.1) is 16.2 Å². The molecule has 0 fully saturated rings. The number of hydrogen-bond acceptors (Lipinski definition) is 4. The first-order valence-electron chi connectivity index (χ1n) is 4.35. The van der Waals surface area contributed by atoms with Gasteiger partial charge in [-0.3, -0.25) is 0 Å². The molecule has 0 radical (unpaired) electrons. The molecule has 0 aliphatic heterocycles. The Morgan fingerprint density at radius 3 is 2.93 bits per heavy atom. The quantitative estimate of drug-likeness (QED) is 0.757. The Hall–Kier alpha value is -0.290. The van der Waals surface area contributed by atoms with E-state index < -0.39 is 6.10 Å². The predicted molar refractivity (Wildman–Crippen MR) is 59.6 cm³/mol. The number of aliphatic hydroxyl groups excluding tert-OH is 1. The summed E-state index contributed by atoms with van der Waals surface area (Å²) in [6.07, 6.45) is 1.89.